The zero-order valence-electron chi connectivity index (χ0n) is 14.7. The number of ether oxygens (including phenoxy) is 4. The minimum Gasteiger partial charge on any atom is -0.463 e. The van der Waals surface area contributed by atoms with Crippen LogP contribution in [0, 0.1) is 11.8 Å². The Balaban J connectivity index is 2.17. The van der Waals surface area contributed by atoms with Crippen LogP contribution in [0.5, 0.6) is 5.75 Å². The first-order valence-electron chi connectivity index (χ1n) is 8.16. The molecule has 0 spiro atoms. The van der Waals surface area contributed by atoms with Crippen LogP contribution in [-0.2, 0) is 23.8 Å². The Morgan fingerprint density at radius 3 is 2.28 bits per heavy atom. The van der Waals surface area contributed by atoms with E-state index in [1.54, 1.807) is 12.1 Å². The highest BCUT2D eigenvalue weighted by molar-refractivity contribution is 9.10. The molecule has 5 atom stereocenters. The number of carbonyl (C=O) groups is 2. The van der Waals surface area contributed by atoms with Crippen molar-refractivity contribution >= 4 is 27.9 Å². The largest absolute Gasteiger partial charge is 0.463 e. The molecule has 2 rings (SSSR count). The van der Waals surface area contributed by atoms with E-state index >= 15 is 0 Å². The average Bonchev–Trinajstić information content (AvgIpc) is 2.54. The third-order valence-electron chi connectivity index (χ3n) is 4.33. The molecule has 0 amide bonds. The van der Waals surface area contributed by atoms with Crippen molar-refractivity contribution in [3.8, 4) is 5.75 Å². The summed E-state index contributed by atoms with van der Waals surface area (Å²) >= 11 is 3.37. The lowest BCUT2D eigenvalue weighted by Crippen LogP contribution is -2.54. The van der Waals surface area contributed by atoms with Gasteiger partial charge in [0.1, 0.15) is 12.4 Å². The fourth-order valence-electron chi connectivity index (χ4n) is 2.75. The minimum atomic E-state index is -0.781. The molecule has 138 valence electrons. The normalized spacial score (nSPS) is 28.9. The van der Waals surface area contributed by atoms with Gasteiger partial charge in [0.25, 0.3) is 0 Å². The van der Waals surface area contributed by atoms with Crippen LogP contribution in [0.2, 0.25) is 0 Å². The lowest BCUT2D eigenvalue weighted by atomic mass is 9.83. The molecule has 0 aliphatic carbocycles. The molecule has 1 aromatic carbocycles. The molecule has 0 aromatic heterocycles. The van der Waals surface area contributed by atoms with Gasteiger partial charge in [-0.15, -0.1) is 0 Å². The molecular formula is C18H23BrO6. The molecule has 0 radical (unpaired) electrons. The molecule has 1 aliphatic heterocycles. The Morgan fingerprint density at radius 1 is 1.08 bits per heavy atom. The smallest absolute Gasteiger partial charge is 0.303 e. The molecule has 0 bridgehead atoms. The summed E-state index contributed by atoms with van der Waals surface area (Å²) in [7, 11) is 0. The summed E-state index contributed by atoms with van der Waals surface area (Å²) in [6.07, 6.45) is -1.67. The Morgan fingerprint density at radius 2 is 1.72 bits per heavy atom. The van der Waals surface area contributed by atoms with E-state index in [4.69, 9.17) is 18.9 Å². The third-order valence-corrected chi connectivity index (χ3v) is 4.86. The first-order valence-corrected chi connectivity index (χ1v) is 8.95. The summed E-state index contributed by atoms with van der Waals surface area (Å²) < 4.78 is 23.4. The standard InChI is InChI=1S/C18H23BrO6/c1-10-11(2)17(23-13(4)21)18(25-16(10)9-22-12(3)20)24-15-7-5-14(19)6-8-15/h5-8,10-11,16-18H,9H2,1-4H3/t10-,11-,16?,17?,18+/m0/s1. The topological polar surface area (TPSA) is 71.1 Å². The Hall–Kier alpha value is -1.60. The van der Waals surface area contributed by atoms with Gasteiger partial charge < -0.3 is 18.9 Å². The number of hydrogen-bond acceptors (Lipinski definition) is 6. The van der Waals surface area contributed by atoms with E-state index in [1.807, 2.05) is 26.0 Å². The molecule has 1 aromatic rings. The van der Waals surface area contributed by atoms with Gasteiger partial charge in [0.15, 0.2) is 6.10 Å². The van der Waals surface area contributed by atoms with Crippen LogP contribution in [0.25, 0.3) is 0 Å². The van der Waals surface area contributed by atoms with Gasteiger partial charge in [-0.3, -0.25) is 9.59 Å². The van der Waals surface area contributed by atoms with Gasteiger partial charge in [-0.05, 0) is 30.2 Å². The highest BCUT2D eigenvalue weighted by Gasteiger charge is 2.45. The van der Waals surface area contributed by atoms with Gasteiger partial charge in [-0.25, -0.2) is 0 Å². The van der Waals surface area contributed by atoms with Gasteiger partial charge in [0.2, 0.25) is 6.29 Å². The van der Waals surface area contributed by atoms with Crippen molar-refractivity contribution < 1.29 is 28.5 Å². The predicted octanol–water partition coefficient (Wildman–Crippen LogP) is 3.32. The Kier molecular flexibility index (Phi) is 6.84. The van der Waals surface area contributed by atoms with E-state index in [2.05, 4.69) is 15.9 Å². The van der Waals surface area contributed by atoms with E-state index in [0.29, 0.717) is 5.75 Å². The zero-order chi connectivity index (χ0) is 18.6. The lowest BCUT2D eigenvalue weighted by Gasteiger charge is -2.43. The van der Waals surface area contributed by atoms with Crippen molar-refractivity contribution in [2.24, 2.45) is 11.8 Å². The minimum absolute atomic E-state index is 0.0217. The number of esters is 2. The van der Waals surface area contributed by atoms with Crippen molar-refractivity contribution in [1.82, 2.24) is 0 Å². The predicted molar refractivity (Wildman–Crippen MR) is 93.9 cm³/mol. The van der Waals surface area contributed by atoms with Crippen molar-refractivity contribution in [3.63, 3.8) is 0 Å². The molecule has 1 fully saturated rings. The number of benzene rings is 1. The second kappa shape index (κ2) is 8.67. The molecule has 1 heterocycles. The molecule has 2 unspecified atom stereocenters. The van der Waals surface area contributed by atoms with E-state index in [0.717, 1.165) is 4.47 Å². The van der Waals surface area contributed by atoms with Crippen LogP contribution < -0.4 is 4.74 Å². The Bertz CT molecular complexity index is 600. The summed E-state index contributed by atoms with van der Waals surface area (Å²) in [6, 6.07) is 7.28. The van der Waals surface area contributed by atoms with Crippen molar-refractivity contribution in [2.75, 3.05) is 6.61 Å². The highest BCUT2D eigenvalue weighted by atomic mass is 79.9. The van der Waals surface area contributed by atoms with E-state index in [-0.39, 0.29) is 30.5 Å². The quantitative estimate of drug-likeness (QED) is 0.688. The fourth-order valence-corrected chi connectivity index (χ4v) is 3.01. The van der Waals surface area contributed by atoms with Gasteiger partial charge >= 0.3 is 11.9 Å². The maximum absolute atomic E-state index is 11.5. The molecule has 7 heteroatoms. The van der Waals surface area contributed by atoms with Gasteiger partial charge in [0.05, 0.1) is 6.10 Å². The van der Waals surface area contributed by atoms with Crippen LogP contribution >= 0.6 is 15.9 Å². The average molecular weight is 415 g/mol. The number of carbonyl (C=O) groups excluding carboxylic acids is 2. The third kappa shape index (κ3) is 5.44. The van der Waals surface area contributed by atoms with Crippen molar-refractivity contribution in [1.29, 1.82) is 0 Å². The van der Waals surface area contributed by atoms with E-state index in [9.17, 15) is 9.59 Å². The van der Waals surface area contributed by atoms with Gasteiger partial charge in [-0.2, -0.15) is 0 Å². The molecule has 25 heavy (non-hydrogen) atoms. The first-order chi connectivity index (χ1) is 11.8. The van der Waals surface area contributed by atoms with Crippen molar-refractivity contribution in [3.05, 3.63) is 28.7 Å². The van der Waals surface area contributed by atoms with Crippen LogP contribution in [-0.4, -0.2) is 37.0 Å². The van der Waals surface area contributed by atoms with Crippen LogP contribution in [0.3, 0.4) is 0 Å². The van der Waals surface area contributed by atoms with E-state index in [1.165, 1.54) is 13.8 Å². The highest BCUT2D eigenvalue weighted by Crippen LogP contribution is 2.34. The first kappa shape index (κ1) is 19.7. The summed E-state index contributed by atoms with van der Waals surface area (Å²) in [5.74, 6) is -0.170. The number of halogens is 1. The van der Waals surface area contributed by atoms with Gasteiger partial charge in [-0.1, -0.05) is 29.8 Å². The van der Waals surface area contributed by atoms with Crippen molar-refractivity contribution in [2.45, 2.75) is 46.2 Å². The number of rotatable bonds is 5. The fraction of sp³-hybridized carbons (Fsp3) is 0.556. The second-order valence-corrected chi connectivity index (χ2v) is 7.13. The monoisotopic (exact) mass is 414 g/mol. The van der Waals surface area contributed by atoms with Gasteiger partial charge in [0, 0.05) is 24.2 Å². The summed E-state index contributed by atoms with van der Waals surface area (Å²) in [5, 5.41) is 0. The molecule has 0 saturated carbocycles. The molecule has 0 N–H and O–H groups in total. The van der Waals surface area contributed by atoms with Crippen LogP contribution in [0.4, 0.5) is 0 Å². The van der Waals surface area contributed by atoms with Crippen LogP contribution in [0.1, 0.15) is 27.7 Å². The Labute approximate surface area is 155 Å². The molecule has 1 saturated heterocycles. The molecular weight excluding hydrogens is 392 g/mol. The maximum Gasteiger partial charge on any atom is 0.303 e. The van der Waals surface area contributed by atoms with E-state index < -0.39 is 18.4 Å². The molecule has 6 nitrogen and oxygen atoms in total. The summed E-state index contributed by atoms with van der Waals surface area (Å²) in [4.78, 5) is 22.6. The SMILES string of the molecule is CC(=O)OCC1O[C@@H](Oc2ccc(Br)cc2)C(OC(C)=O)[C@@H](C)[C@@H]1C. The second-order valence-electron chi connectivity index (χ2n) is 6.21. The van der Waals surface area contributed by atoms with Crippen LogP contribution in [0.15, 0.2) is 28.7 Å². The number of hydrogen-bond donors (Lipinski definition) is 0. The zero-order valence-corrected chi connectivity index (χ0v) is 16.3. The summed E-state index contributed by atoms with van der Waals surface area (Å²) in [6.45, 7) is 6.80. The lowest BCUT2D eigenvalue weighted by molar-refractivity contribution is -0.253. The summed E-state index contributed by atoms with van der Waals surface area (Å²) in [5.41, 5.74) is 0. The molecule has 1 aliphatic rings. The maximum atomic E-state index is 11.5.